The van der Waals surface area contributed by atoms with Gasteiger partial charge in [-0.2, -0.15) is 11.3 Å². The second-order valence-electron chi connectivity index (χ2n) is 5.91. The number of carbonyl (C=O) groups excluding carboxylic acids is 2. The van der Waals surface area contributed by atoms with Gasteiger partial charge >= 0.3 is 5.97 Å². The van der Waals surface area contributed by atoms with E-state index in [2.05, 4.69) is 0 Å². The van der Waals surface area contributed by atoms with Crippen LogP contribution in [0.25, 0.3) is 0 Å². The molecule has 4 rings (SSSR count). The Bertz CT molecular complexity index is 872. The fourth-order valence-electron chi connectivity index (χ4n) is 3.23. The molecule has 1 atom stereocenters. The van der Waals surface area contributed by atoms with Crippen LogP contribution in [0.1, 0.15) is 23.5 Å². The number of cyclic esters (lactones) is 1. The predicted octanol–water partition coefficient (Wildman–Crippen LogP) is 4.04. The van der Waals surface area contributed by atoms with E-state index in [4.69, 9.17) is 16.3 Å². The molecule has 1 aromatic carbocycles. The van der Waals surface area contributed by atoms with Crippen molar-refractivity contribution in [3.63, 3.8) is 0 Å². The normalized spacial score (nSPS) is 20.4. The van der Waals surface area contributed by atoms with Crippen molar-refractivity contribution in [3.8, 4) is 0 Å². The second-order valence-corrected chi connectivity index (χ2v) is 7.10. The first-order chi connectivity index (χ1) is 11.6. The molecule has 122 valence electrons. The van der Waals surface area contributed by atoms with Crippen LogP contribution in [-0.4, -0.2) is 18.5 Å². The number of hydrogen-bond donors (Lipinski definition) is 0. The van der Waals surface area contributed by atoms with Crippen molar-refractivity contribution in [2.45, 2.75) is 19.3 Å². The third-order valence-electron chi connectivity index (χ3n) is 4.48. The Balaban J connectivity index is 1.84. The molecule has 4 nitrogen and oxygen atoms in total. The van der Waals surface area contributed by atoms with E-state index in [1.165, 1.54) is 0 Å². The Morgan fingerprint density at radius 1 is 1.29 bits per heavy atom. The minimum atomic E-state index is -0.336. The maximum absolute atomic E-state index is 12.8. The van der Waals surface area contributed by atoms with Crippen molar-refractivity contribution in [3.05, 3.63) is 62.4 Å². The van der Waals surface area contributed by atoms with Crippen LogP contribution in [0.3, 0.4) is 0 Å². The summed E-state index contributed by atoms with van der Waals surface area (Å²) in [6.45, 7) is 2.02. The first kappa shape index (κ1) is 15.4. The van der Waals surface area contributed by atoms with Crippen molar-refractivity contribution < 1.29 is 14.3 Å². The maximum Gasteiger partial charge on any atom is 0.336 e. The molecule has 6 heteroatoms. The monoisotopic (exact) mass is 359 g/mol. The van der Waals surface area contributed by atoms with Crippen LogP contribution in [0.4, 0.5) is 5.69 Å². The summed E-state index contributed by atoms with van der Waals surface area (Å²) in [5.41, 5.74) is 3.82. The first-order valence-corrected chi connectivity index (χ1v) is 8.89. The lowest BCUT2D eigenvalue weighted by atomic mass is 9.85. The molecule has 2 aliphatic rings. The largest absolute Gasteiger partial charge is 0.456 e. The SMILES string of the molecule is Cc1ccc(N2C(=O)CC(c3ccsc3)C3=C2COC3=O)cc1Cl. The van der Waals surface area contributed by atoms with Crippen LogP contribution in [0.2, 0.25) is 5.02 Å². The number of thiophene rings is 1. The zero-order valence-corrected chi connectivity index (χ0v) is 14.5. The molecule has 3 heterocycles. The number of esters is 1. The summed E-state index contributed by atoms with van der Waals surface area (Å²) in [4.78, 5) is 26.7. The van der Waals surface area contributed by atoms with Gasteiger partial charge in [-0.15, -0.1) is 0 Å². The van der Waals surface area contributed by atoms with Gasteiger partial charge in [-0.05, 0) is 47.0 Å². The molecule has 0 fully saturated rings. The highest BCUT2D eigenvalue weighted by Gasteiger charge is 2.43. The molecule has 0 spiro atoms. The van der Waals surface area contributed by atoms with E-state index in [1.54, 1.807) is 22.3 Å². The first-order valence-electron chi connectivity index (χ1n) is 7.57. The van der Waals surface area contributed by atoms with Crippen LogP contribution in [-0.2, 0) is 14.3 Å². The van der Waals surface area contributed by atoms with E-state index in [0.29, 0.717) is 22.0 Å². The molecular weight excluding hydrogens is 346 g/mol. The molecule has 1 unspecified atom stereocenters. The van der Waals surface area contributed by atoms with Gasteiger partial charge in [-0.1, -0.05) is 17.7 Å². The number of carbonyl (C=O) groups is 2. The molecule has 0 saturated carbocycles. The number of anilines is 1. The van der Waals surface area contributed by atoms with Gasteiger partial charge in [0.1, 0.15) is 6.61 Å². The molecule has 2 aromatic rings. The molecule has 0 radical (unpaired) electrons. The van der Waals surface area contributed by atoms with Crippen molar-refractivity contribution in [1.82, 2.24) is 0 Å². The van der Waals surface area contributed by atoms with E-state index < -0.39 is 0 Å². The van der Waals surface area contributed by atoms with Gasteiger partial charge in [0.05, 0.1) is 17.0 Å². The van der Waals surface area contributed by atoms with Crippen molar-refractivity contribution >= 4 is 40.5 Å². The summed E-state index contributed by atoms with van der Waals surface area (Å²) in [6, 6.07) is 7.43. The van der Waals surface area contributed by atoms with Gasteiger partial charge < -0.3 is 4.74 Å². The number of ether oxygens (including phenoxy) is 1. The van der Waals surface area contributed by atoms with Crippen molar-refractivity contribution in [2.24, 2.45) is 0 Å². The summed E-state index contributed by atoms with van der Waals surface area (Å²) < 4.78 is 5.25. The van der Waals surface area contributed by atoms with Gasteiger partial charge in [0.25, 0.3) is 0 Å². The topological polar surface area (TPSA) is 46.6 Å². The van der Waals surface area contributed by atoms with Crippen molar-refractivity contribution in [1.29, 1.82) is 0 Å². The van der Waals surface area contributed by atoms with E-state index in [0.717, 1.165) is 11.1 Å². The molecular formula is C18H14ClNO3S. The average molecular weight is 360 g/mol. The van der Waals surface area contributed by atoms with Gasteiger partial charge in [0.15, 0.2) is 0 Å². The number of nitrogens with zero attached hydrogens (tertiary/aromatic N) is 1. The molecule has 0 N–H and O–H groups in total. The highest BCUT2D eigenvalue weighted by atomic mass is 35.5. The van der Waals surface area contributed by atoms with Gasteiger partial charge in [0, 0.05) is 17.4 Å². The molecule has 24 heavy (non-hydrogen) atoms. The van der Waals surface area contributed by atoms with Crippen molar-refractivity contribution in [2.75, 3.05) is 11.5 Å². The maximum atomic E-state index is 12.8. The Kier molecular flexibility index (Phi) is 3.70. The summed E-state index contributed by atoms with van der Waals surface area (Å²) >= 11 is 7.76. The molecule has 2 aliphatic heterocycles. The fraction of sp³-hybridized carbons (Fsp3) is 0.222. The zero-order chi connectivity index (χ0) is 16.8. The third kappa shape index (κ3) is 2.36. The van der Waals surface area contributed by atoms with Crippen LogP contribution >= 0.6 is 22.9 Å². The minimum absolute atomic E-state index is 0.0526. The van der Waals surface area contributed by atoms with E-state index in [-0.39, 0.29) is 30.8 Å². The standard InChI is InChI=1S/C18H14ClNO3S/c1-10-2-3-12(6-14(10)19)20-15-8-23-18(22)17(15)13(7-16(20)21)11-4-5-24-9-11/h2-6,9,13H,7-8H2,1H3. The lowest BCUT2D eigenvalue weighted by Gasteiger charge is -2.31. The predicted molar refractivity (Wildman–Crippen MR) is 93.3 cm³/mol. The summed E-state index contributed by atoms with van der Waals surface area (Å²) in [6.07, 6.45) is 0.246. The minimum Gasteiger partial charge on any atom is -0.456 e. The zero-order valence-electron chi connectivity index (χ0n) is 12.9. The molecule has 1 aromatic heterocycles. The number of hydrogen-bond acceptors (Lipinski definition) is 4. The quantitative estimate of drug-likeness (QED) is 0.760. The Hall–Kier alpha value is -2.11. The second kappa shape index (κ2) is 5.76. The van der Waals surface area contributed by atoms with Gasteiger partial charge in [-0.3, -0.25) is 9.69 Å². The molecule has 1 amide bonds. The lowest BCUT2D eigenvalue weighted by Crippen LogP contribution is -2.37. The summed E-state index contributed by atoms with van der Waals surface area (Å²) in [7, 11) is 0. The summed E-state index contributed by atoms with van der Waals surface area (Å²) in [5, 5.41) is 4.52. The average Bonchev–Trinajstić information content (AvgIpc) is 3.20. The molecule has 0 bridgehead atoms. The smallest absolute Gasteiger partial charge is 0.336 e. The van der Waals surface area contributed by atoms with Crippen LogP contribution in [0.5, 0.6) is 0 Å². The highest BCUT2D eigenvalue weighted by Crippen LogP contribution is 2.42. The van der Waals surface area contributed by atoms with Gasteiger partial charge in [-0.25, -0.2) is 4.79 Å². The number of benzene rings is 1. The van der Waals surface area contributed by atoms with Crippen LogP contribution < -0.4 is 4.90 Å². The number of rotatable bonds is 2. The third-order valence-corrected chi connectivity index (χ3v) is 5.59. The molecule has 0 saturated heterocycles. The Morgan fingerprint density at radius 3 is 2.83 bits per heavy atom. The van der Waals surface area contributed by atoms with Crippen LogP contribution in [0.15, 0.2) is 46.3 Å². The number of halogens is 1. The van der Waals surface area contributed by atoms with Gasteiger partial charge in [0.2, 0.25) is 5.91 Å². The fourth-order valence-corrected chi connectivity index (χ4v) is 4.12. The number of amides is 1. The Labute approximate surface area is 148 Å². The van der Waals surface area contributed by atoms with E-state index in [1.807, 2.05) is 35.9 Å². The Morgan fingerprint density at radius 2 is 2.12 bits per heavy atom. The number of aryl methyl sites for hydroxylation is 1. The lowest BCUT2D eigenvalue weighted by molar-refractivity contribution is -0.136. The molecule has 0 aliphatic carbocycles. The van der Waals surface area contributed by atoms with E-state index in [9.17, 15) is 9.59 Å². The highest BCUT2D eigenvalue weighted by molar-refractivity contribution is 7.08. The van der Waals surface area contributed by atoms with Crippen LogP contribution in [0, 0.1) is 6.92 Å². The van der Waals surface area contributed by atoms with E-state index >= 15 is 0 Å². The summed E-state index contributed by atoms with van der Waals surface area (Å²) in [5.74, 6) is -0.619.